The van der Waals surface area contributed by atoms with Crippen LogP contribution in [0.4, 0.5) is 10.2 Å². The zero-order valence-electron chi connectivity index (χ0n) is 23.0. The van der Waals surface area contributed by atoms with Gasteiger partial charge in [-0.3, -0.25) is 19.5 Å². The summed E-state index contributed by atoms with van der Waals surface area (Å²) < 4.78 is 16.2. The van der Waals surface area contributed by atoms with Crippen molar-refractivity contribution in [3.63, 3.8) is 0 Å². The van der Waals surface area contributed by atoms with Crippen LogP contribution in [-0.2, 0) is 21.5 Å². The van der Waals surface area contributed by atoms with Crippen molar-refractivity contribution < 1.29 is 14.0 Å². The minimum absolute atomic E-state index is 0.128. The largest absolute Gasteiger partial charge is 0.350 e. The van der Waals surface area contributed by atoms with E-state index in [1.807, 2.05) is 49.4 Å². The number of carbonyl (C=O) groups excluding carboxylic acids is 2. The summed E-state index contributed by atoms with van der Waals surface area (Å²) in [5.74, 6) is -0.183. The van der Waals surface area contributed by atoms with Crippen molar-refractivity contribution in [1.29, 1.82) is 0 Å². The van der Waals surface area contributed by atoms with E-state index >= 15 is 0 Å². The number of nitrogens with zero attached hydrogens (tertiary/aromatic N) is 4. The molecule has 1 N–H and O–H groups in total. The Morgan fingerprint density at radius 1 is 1.12 bits per heavy atom. The quantitative estimate of drug-likeness (QED) is 0.339. The van der Waals surface area contributed by atoms with E-state index in [1.165, 1.54) is 28.8 Å². The zero-order chi connectivity index (χ0) is 28.4. The van der Waals surface area contributed by atoms with E-state index in [0.29, 0.717) is 12.4 Å². The minimum atomic E-state index is -0.397. The van der Waals surface area contributed by atoms with E-state index < -0.39 is 5.41 Å². The molecular weight excluding hydrogens is 525 g/mol. The molecule has 0 bridgehead atoms. The topological polar surface area (TPSA) is 80.1 Å². The number of thioether (sulfide) groups is 1. The van der Waals surface area contributed by atoms with E-state index in [4.69, 9.17) is 5.10 Å². The lowest BCUT2D eigenvalue weighted by Crippen LogP contribution is -2.42. The van der Waals surface area contributed by atoms with Crippen LogP contribution in [0.15, 0.2) is 73.1 Å². The molecule has 2 aromatic carbocycles. The number of hydrogen-bond donors (Lipinski definition) is 1. The first-order chi connectivity index (χ1) is 19.1. The average molecular weight is 558 g/mol. The van der Waals surface area contributed by atoms with Gasteiger partial charge < -0.3 is 5.32 Å². The van der Waals surface area contributed by atoms with Gasteiger partial charge in [0.2, 0.25) is 11.8 Å². The molecule has 2 amide bonds. The van der Waals surface area contributed by atoms with Crippen molar-refractivity contribution >= 4 is 29.4 Å². The summed E-state index contributed by atoms with van der Waals surface area (Å²) in [6.07, 6.45) is 3.37. The average Bonchev–Trinajstić information content (AvgIpc) is 3.26. The first kappa shape index (κ1) is 27.6. The van der Waals surface area contributed by atoms with E-state index in [0.717, 1.165) is 33.6 Å². The highest BCUT2D eigenvalue weighted by molar-refractivity contribution is 8.00. The number of halogens is 1. The number of benzene rings is 2. The number of pyridine rings is 1. The lowest BCUT2D eigenvalue weighted by atomic mass is 9.87. The number of rotatable bonds is 6. The Bertz CT molecular complexity index is 1550. The number of aromatic nitrogens is 3. The van der Waals surface area contributed by atoms with Gasteiger partial charge in [-0.1, -0.05) is 57.2 Å². The van der Waals surface area contributed by atoms with Crippen molar-refractivity contribution in [2.24, 2.45) is 0 Å². The smallest absolute Gasteiger partial charge is 0.240 e. The molecule has 0 saturated carbocycles. The number of carbonyl (C=O) groups is 2. The predicted octanol–water partition coefficient (Wildman–Crippen LogP) is 5.50. The van der Waals surface area contributed by atoms with Crippen LogP contribution in [0.2, 0.25) is 0 Å². The SMILES string of the molecule is Cc1ccccc1-n1nc(C(C)(C)C)c2c1N(CC(=O)NCc1cccnc1)C(=O)CSC2c1cccc(F)c1. The standard InChI is InChI=1S/C31H32FN5O2S/c1-20-9-5-6-13-24(20)37-30-27(29(35-37)31(2,3)4)28(22-11-7-12-23(32)15-22)40-19-26(39)36(30)18-25(38)34-17-21-10-8-14-33-16-21/h5-16,28H,17-19H2,1-4H3,(H,34,38). The Morgan fingerprint density at radius 2 is 1.93 bits per heavy atom. The molecule has 0 spiro atoms. The molecule has 0 fully saturated rings. The molecule has 1 atom stereocenters. The van der Waals surface area contributed by atoms with E-state index in [1.54, 1.807) is 23.1 Å². The molecule has 0 aliphatic carbocycles. The van der Waals surface area contributed by atoms with Crippen molar-refractivity contribution in [3.05, 3.63) is 107 Å². The summed E-state index contributed by atoms with van der Waals surface area (Å²) in [4.78, 5) is 32.6. The molecule has 7 nitrogen and oxygen atoms in total. The second-order valence-electron chi connectivity index (χ2n) is 10.9. The van der Waals surface area contributed by atoms with E-state index in [9.17, 15) is 14.0 Å². The molecule has 0 saturated heterocycles. The Labute approximate surface area is 237 Å². The molecule has 206 valence electrons. The Morgan fingerprint density at radius 3 is 2.62 bits per heavy atom. The highest BCUT2D eigenvalue weighted by atomic mass is 32.2. The van der Waals surface area contributed by atoms with Gasteiger partial charge in [-0.25, -0.2) is 9.07 Å². The number of anilines is 1. The third-order valence-corrected chi connectivity index (χ3v) is 8.06. The van der Waals surface area contributed by atoms with Gasteiger partial charge in [-0.05, 0) is 47.9 Å². The van der Waals surface area contributed by atoms with Crippen molar-refractivity contribution in [1.82, 2.24) is 20.1 Å². The van der Waals surface area contributed by atoms with Gasteiger partial charge in [0, 0.05) is 29.9 Å². The van der Waals surface area contributed by atoms with Crippen LogP contribution in [0.5, 0.6) is 0 Å². The van der Waals surface area contributed by atoms with Crippen LogP contribution >= 0.6 is 11.8 Å². The molecule has 1 aliphatic heterocycles. The lowest BCUT2D eigenvalue weighted by Gasteiger charge is -2.25. The maximum Gasteiger partial charge on any atom is 0.240 e. The number of fused-ring (bicyclic) bond motifs is 1. The van der Waals surface area contributed by atoms with Gasteiger partial charge in [0.15, 0.2) is 0 Å². The normalized spacial score (nSPS) is 15.5. The molecular formula is C31H32FN5O2S. The van der Waals surface area contributed by atoms with Gasteiger partial charge in [-0.2, -0.15) is 5.10 Å². The highest BCUT2D eigenvalue weighted by Gasteiger charge is 2.40. The molecule has 40 heavy (non-hydrogen) atoms. The van der Waals surface area contributed by atoms with Gasteiger partial charge in [0.05, 0.1) is 22.4 Å². The van der Waals surface area contributed by atoms with Crippen LogP contribution in [0.25, 0.3) is 5.69 Å². The number of amides is 2. The summed E-state index contributed by atoms with van der Waals surface area (Å²) in [7, 11) is 0. The van der Waals surface area contributed by atoms with E-state index in [-0.39, 0.29) is 35.2 Å². The molecule has 3 heterocycles. The van der Waals surface area contributed by atoms with Gasteiger partial charge in [-0.15, -0.1) is 11.8 Å². The maximum absolute atomic E-state index is 14.4. The number of aryl methyl sites for hydroxylation is 1. The first-order valence-electron chi connectivity index (χ1n) is 13.2. The molecule has 1 unspecified atom stereocenters. The van der Waals surface area contributed by atoms with Gasteiger partial charge >= 0.3 is 0 Å². The van der Waals surface area contributed by atoms with Crippen molar-refractivity contribution in [3.8, 4) is 5.69 Å². The fourth-order valence-electron chi connectivity index (χ4n) is 4.88. The summed E-state index contributed by atoms with van der Waals surface area (Å²) in [5.41, 5.74) is 4.61. The molecule has 0 radical (unpaired) electrons. The van der Waals surface area contributed by atoms with Crippen LogP contribution in [0, 0.1) is 12.7 Å². The van der Waals surface area contributed by atoms with E-state index in [2.05, 4.69) is 31.1 Å². The Kier molecular flexibility index (Phi) is 7.76. The van der Waals surface area contributed by atoms with Crippen molar-refractivity contribution in [2.75, 3.05) is 17.2 Å². The van der Waals surface area contributed by atoms with Crippen LogP contribution in [-0.4, -0.2) is 38.9 Å². The number of hydrogen-bond acceptors (Lipinski definition) is 5. The second kappa shape index (κ2) is 11.3. The number of para-hydroxylation sites is 1. The Balaban J connectivity index is 1.67. The van der Waals surface area contributed by atoms with Gasteiger partial charge in [0.25, 0.3) is 0 Å². The maximum atomic E-state index is 14.4. The third-order valence-electron chi connectivity index (χ3n) is 6.81. The molecule has 4 aromatic rings. The predicted molar refractivity (Wildman–Crippen MR) is 156 cm³/mol. The molecule has 9 heteroatoms. The summed E-state index contributed by atoms with van der Waals surface area (Å²) in [6.45, 7) is 8.33. The van der Waals surface area contributed by atoms with Crippen LogP contribution in [0.3, 0.4) is 0 Å². The first-order valence-corrected chi connectivity index (χ1v) is 14.2. The fraction of sp³-hybridized carbons (Fsp3) is 0.290. The number of nitrogens with one attached hydrogen (secondary N) is 1. The fourth-order valence-corrected chi connectivity index (χ4v) is 6.07. The molecule has 1 aliphatic rings. The van der Waals surface area contributed by atoms with Crippen molar-refractivity contribution in [2.45, 2.75) is 44.9 Å². The highest BCUT2D eigenvalue weighted by Crippen LogP contribution is 2.48. The third kappa shape index (κ3) is 5.65. The zero-order valence-corrected chi connectivity index (χ0v) is 23.8. The second-order valence-corrected chi connectivity index (χ2v) is 12.0. The summed E-state index contributed by atoms with van der Waals surface area (Å²) in [5, 5.41) is 7.66. The van der Waals surface area contributed by atoms with Crippen LogP contribution < -0.4 is 10.2 Å². The summed E-state index contributed by atoms with van der Waals surface area (Å²) >= 11 is 1.43. The molecule has 2 aromatic heterocycles. The minimum Gasteiger partial charge on any atom is -0.350 e. The lowest BCUT2D eigenvalue weighted by molar-refractivity contribution is -0.123. The Hall–Kier alpha value is -3.98. The molecule has 5 rings (SSSR count). The monoisotopic (exact) mass is 557 g/mol. The summed E-state index contributed by atoms with van der Waals surface area (Å²) in [6, 6.07) is 18.0. The van der Waals surface area contributed by atoms with Crippen LogP contribution in [0.1, 0.15) is 54.0 Å². The van der Waals surface area contributed by atoms with Gasteiger partial charge in [0.1, 0.15) is 18.2 Å².